The third-order valence-electron chi connectivity index (χ3n) is 25.4. The molecule has 0 saturated carbocycles. The van der Waals surface area contributed by atoms with Crippen molar-refractivity contribution in [2.45, 2.75) is 34.6 Å². The second kappa shape index (κ2) is 35.7. The van der Waals surface area contributed by atoms with Crippen LogP contribution in [0.2, 0.25) is 0 Å². The first-order valence-corrected chi connectivity index (χ1v) is 45.4. The first-order chi connectivity index (χ1) is 67.2. The Morgan fingerprint density at radius 3 is 0.717 bits per heavy atom. The number of aromatic nitrogens is 4. The van der Waals surface area contributed by atoms with Crippen LogP contribution in [-0.4, -0.2) is 48.1 Å². The summed E-state index contributed by atoms with van der Waals surface area (Å²) >= 11 is 0. The number of carbonyl (C=O) groups excluding carboxylic acids is 5. The molecule has 0 aliphatic heterocycles. The molecule has 20 aromatic carbocycles. The van der Waals surface area contributed by atoms with E-state index in [1.165, 1.54) is 103 Å². The van der Waals surface area contributed by atoms with Gasteiger partial charge in [-0.1, -0.05) is 294 Å². The van der Waals surface area contributed by atoms with Crippen LogP contribution in [0.1, 0.15) is 34.6 Å². The van der Waals surface area contributed by atoms with Crippen LogP contribution in [0, 0.1) is 0 Å². The molecule has 0 spiro atoms. The van der Waals surface area contributed by atoms with E-state index in [0.29, 0.717) is 39.7 Å². The second-order valence-corrected chi connectivity index (χ2v) is 34.8. The molecule has 14 heteroatoms. The van der Waals surface area contributed by atoms with Crippen molar-refractivity contribution in [1.29, 1.82) is 0 Å². The highest BCUT2D eigenvalue weighted by Crippen LogP contribution is 2.48. The first-order valence-electron chi connectivity index (χ1n) is 45.4. The molecule has 0 unspecified atom stereocenters. The molecule has 4 aromatic heterocycles. The monoisotopic (exact) mass is 1790 g/mol. The molecule has 0 amide bonds. The van der Waals surface area contributed by atoms with E-state index in [-0.39, 0.29) is 22.6 Å². The van der Waals surface area contributed by atoms with Crippen LogP contribution >= 0.6 is 0 Å². The number of benzene rings is 20. The molecule has 0 aliphatic rings. The van der Waals surface area contributed by atoms with Gasteiger partial charge < -0.3 is 42.0 Å². The summed E-state index contributed by atoms with van der Waals surface area (Å²) in [5.41, 5.74) is 13.7. The summed E-state index contributed by atoms with van der Waals surface area (Å²) in [5, 5.41) is 28.7. The minimum absolute atomic E-state index is 0.238. The molecule has 24 aromatic rings. The molecule has 0 aliphatic carbocycles. The summed E-state index contributed by atoms with van der Waals surface area (Å²) in [4.78, 5) is 61.2. The van der Waals surface area contributed by atoms with Gasteiger partial charge in [0.1, 0.15) is 23.0 Å². The van der Waals surface area contributed by atoms with E-state index in [1.54, 1.807) is 52.8 Å². The molecule has 664 valence electrons. The van der Waals surface area contributed by atoms with E-state index in [2.05, 4.69) is 318 Å². The Balaban J connectivity index is 0.000000110. The number of esters is 5. The standard InChI is InChI=1S/C34H25NO4.3C30H21NO2/c1-20(2)33(36)38-25-17-24(18-26(19-25)39-34(37)21(3)4)35-29-15-13-22-9-5-7-11-27(22)31(29)32-28-12-8-6-10-23(28)14-16-30(32)35;1-19(2)30(32)33-27-14-8-7-13-24(27)31-25-17-15-20-9-3-5-11-22(20)28(25)29-23-12-6-4-10-21(23)16-18-26(29)31;1-19(2)30(32)33-23-11-7-10-22(18-23)31-26-16-14-20-8-3-5-12-24(20)28(26)29-25-13-6-4-9-21(25)15-17-27(29)31;1-19(2)30(32)33-23-15-13-22(14-16-23)31-26-17-11-20-7-3-5-9-24(20)28(26)29-25-10-6-4-8-21(25)12-18-27(29)31/h5-19H,1,3H2,2,4H3;3*3-18H,1H2,2H3. The third-order valence-corrected chi connectivity index (χ3v) is 25.4. The molecule has 0 N–H and O–H groups in total. The number of fused-ring (bicyclic) bond motifs is 28. The van der Waals surface area contributed by atoms with Gasteiger partial charge in [0, 0.05) is 107 Å². The molecular formula is C124H88N4O10. The molecule has 14 nitrogen and oxygen atoms in total. The number of hydrogen-bond donors (Lipinski definition) is 0. The molecule has 138 heavy (non-hydrogen) atoms. The number of hydrogen-bond acceptors (Lipinski definition) is 10. The largest absolute Gasteiger partial charge is 0.423 e. The number of ether oxygens (including phenoxy) is 5. The Hall–Kier alpha value is -18.3. The van der Waals surface area contributed by atoms with Gasteiger partial charge in [-0.3, -0.25) is 0 Å². The van der Waals surface area contributed by atoms with Crippen molar-refractivity contribution in [2.24, 2.45) is 0 Å². The zero-order valence-electron chi connectivity index (χ0n) is 76.3. The summed E-state index contributed by atoms with van der Waals surface area (Å²) in [6.45, 7) is 26.5. The van der Waals surface area contributed by atoms with Crippen LogP contribution in [0.5, 0.6) is 28.7 Å². The summed E-state index contributed by atoms with van der Waals surface area (Å²) in [6.07, 6.45) is 0. The van der Waals surface area contributed by atoms with Crippen LogP contribution in [0.3, 0.4) is 0 Å². The van der Waals surface area contributed by atoms with Gasteiger partial charge in [-0.25, -0.2) is 24.0 Å². The molecule has 0 bridgehead atoms. The van der Waals surface area contributed by atoms with Gasteiger partial charge in [0.25, 0.3) is 0 Å². The van der Waals surface area contributed by atoms with Gasteiger partial charge >= 0.3 is 29.8 Å². The Kier molecular flexibility index (Phi) is 22.4. The number of para-hydroxylation sites is 2. The van der Waals surface area contributed by atoms with Crippen LogP contribution in [0.25, 0.3) is 196 Å². The van der Waals surface area contributed by atoms with Gasteiger partial charge in [0.15, 0.2) is 5.75 Å². The van der Waals surface area contributed by atoms with Gasteiger partial charge in [0.05, 0.1) is 55.5 Å². The topological polar surface area (TPSA) is 151 Å². The molecule has 0 fully saturated rings. The fourth-order valence-electron chi connectivity index (χ4n) is 19.1. The van der Waals surface area contributed by atoms with E-state index in [4.69, 9.17) is 23.7 Å². The lowest BCUT2D eigenvalue weighted by Crippen LogP contribution is -2.11. The van der Waals surface area contributed by atoms with E-state index in [1.807, 2.05) is 91.0 Å². The number of nitrogens with zero attached hydrogens (tertiary/aromatic N) is 4. The Bertz CT molecular complexity index is 8940. The molecule has 0 atom stereocenters. The quantitative estimate of drug-likeness (QED) is 0.0584. The minimum Gasteiger partial charge on any atom is -0.423 e. The van der Waals surface area contributed by atoms with Crippen LogP contribution in [0.4, 0.5) is 0 Å². The number of carbonyl (C=O) groups is 5. The zero-order chi connectivity index (χ0) is 94.8. The predicted molar refractivity (Wildman–Crippen MR) is 565 cm³/mol. The fourth-order valence-corrected chi connectivity index (χ4v) is 19.1. The van der Waals surface area contributed by atoms with Gasteiger partial charge in [0.2, 0.25) is 0 Å². The van der Waals surface area contributed by atoms with Crippen molar-refractivity contribution >= 4 is 203 Å². The van der Waals surface area contributed by atoms with Gasteiger partial charge in [-0.2, -0.15) is 0 Å². The summed E-state index contributed by atoms with van der Waals surface area (Å²) in [5.74, 6) is -0.426. The highest BCUT2D eigenvalue weighted by Gasteiger charge is 2.26. The lowest BCUT2D eigenvalue weighted by atomic mass is 10.00. The summed E-state index contributed by atoms with van der Waals surface area (Å²) in [7, 11) is 0. The Morgan fingerprint density at radius 1 is 0.188 bits per heavy atom. The Morgan fingerprint density at radius 2 is 0.420 bits per heavy atom. The maximum absolute atomic E-state index is 12.4. The average Bonchev–Trinajstić information content (AvgIpc) is 1.57. The van der Waals surface area contributed by atoms with Crippen molar-refractivity contribution in [2.75, 3.05) is 0 Å². The van der Waals surface area contributed by atoms with Crippen LogP contribution < -0.4 is 23.7 Å². The smallest absolute Gasteiger partial charge is 0.338 e. The van der Waals surface area contributed by atoms with E-state index < -0.39 is 29.8 Å². The summed E-state index contributed by atoms with van der Waals surface area (Å²) in [6, 6.07) is 130. The van der Waals surface area contributed by atoms with Gasteiger partial charge in [-0.05, 0) is 218 Å². The molecular weight excluding hydrogens is 1710 g/mol. The maximum atomic E-state index is 12.4. The lowest BCUT2D eigenvalue weighted by Gasteiger charge is -2.14. The van der Waals surface area contributed by atoms with Crippen LogP contribution in [0.15, 0.2) is 443 Å². The maximum Gasteiger partial charge on any atom is 0.338 e. The van der Waals surface area contributed by atoms with E-state index in [9.17, 15) is 24.0 Å². The minimum atomic E-state index is -0.566. The normalized spacial score (nSPS) is 11.4. The molecule has 0 saturated heterocycles. The van der Waals surface area contributed by atoms with E-state index in [0.717, 1.165) is 93.5 Å². The fraction of sp³-hybridized carbons (Fsp3) is 0.0403. The second-order valence-electron chi connectivity index (χ2n) is 34.8. The van der Waals surface area contributed by atoms with Crippen molar-refractivity contribution in [1.82, 2.24) is 18.3 Å². The van der Waals surface area contributed by atoms with Crippen LogP contribution in [-0.2, 0) is 24.0 Å². The Labute approximate surface area is 793 Å². The average molecular weight is 1790 g/mol. The first kappa shape index (κ1) is 86.4. The SMILES string of the molecule is C=C(C)C(=O)Oc1cc(OC(=O)C(=C)C)cc(-n2c3ccc4ccccc4c3c3c4ccccc4ccc32)c1.C=C(C)C(=O)Oc1ccc(-n2c3ccc4ccccc4c3c3c4ccccc4ccc32)cc1.C=C(C)C(=O)Oc1cccc(-n2c3ccc4ccccc4c3c3c4ccccc4ccc32)c1.C=C(C)C(=O)Oc1ccccc1-n1c2ccc3ccccc3c2c2c3ccccc3ccc21. The third kappa shape index (κ3) is 15.6. The number of rotatable bonds is 14. The van der Waals surface area contributed by atoms with Crippen molar-refractivity contribution in [3.8, 4) is 51.5 Å². The lowest BCUT2D eigenvalue weighted by molar-refractivity contribution is -0.131. The zero-order valence-corrected chi connectivity index (χ0v) is 76.3. The predicted octanol–water partition coefficient (Wildman–Crippen LogP) is 30.8. The summed E-state index contributed by atoms with van der Waals surface area (Å²) < 4.78 is 36.7. The van der Waals surface area contributed by atoms with Gasteiger partial charge in [-0.15, -0.1) is 0 Å². The van der Waals surface area contributed by atoms with E-state index >= 15 is 0 Å². The molecule has 0 radical (unpaired) electrons. The highest BCUT2D eigenvalue weighted by molar-refractivity contribution is 6.33. The van der Waals surface area contributed by atoms with Crippen molar-refractivity contribution in [3.63, 3.8) is 0 Å². The molecule has 4 heterocycles. The van der Waals surface area contributed by atoms with Crippen molar-refractivity contribution < 1.29 is 47.7 Å². The molecule has 24 rings (SSSR count). The van der Waals surface area contributed by atoms with Crippen molar-refractivity contribution in [3.05, 3.63) is 443 Å². The highest BCUT2D eigenvalue weighted by atomic mass is 16.6.